The Morgan fingerprint density at radius 3 is 2.68 bits per heavy atom. The number of carbonyl (C=O) groups is 1. The molecule has 1 aromatic heterocycles. The maximum absolute atomic E-state index is 12.2. The fourth-order valence-corrected chi connectivity index (χ4v) is 1.78. The number of ether oxygens (including phenoxy) is 1. The highest BCUT2D eigenvalue weighted by molar-refractivity contribution is 5.66. The van der Waals surface area contributed by atoms with Crippen LogP contribution in [0.15, 0.2) is 21.9 Å². The first-order valence-corrected chi connectivity index (χ1v) is 6.20. The summed E-state index contributed by atoms with van der Waals surface area (Å²) in [7, 11) is 0. The molecule has 7 heteroatoms. The molecule has 0 amide bonds. The van der Waals surface area contributed by atoms with Crippen LogP contribution in [0.2, 0.25) is 0 Å². The Balaban J connectivity index is 3.23. The van der Waals surface area contributed by atoms with Crippen molar-refractivity contribution in [1.82, 2.24) is 9.13 Å². The molecule has 0 aliphatic carbocycles. The van der Waals surface area contributed by atoms with Gasteiger partial charge in [-0.3, -0.25) is 18.7 Å². The highest BCUT2D eigenvalue weighted by Crippen LogP contribution is 2.12. The van der Waals surface area contributed by atoms with Crippen LogP contribution in [0, 0.1) is 0 Å². The maximum atomic E-state index is 12.2. The number of rotatable bonds is 6. The zero-order valence-corrected chi connectivity index (χ0v) is 11.2. The lowest BCUT2D eigenvalue weighted by Gasteiger charge is -2.19. The lowest BCUT2D eigenvalue weighted by molar-refractivity contribution is -0.151. The molecular formula is C12H19N3O4. The second-order valence-electron chi connectivity index (χ2n) is 4.14. The van der Waals surface area contributed by atoms with Gasteiger partial charge in [0.1, 0.15) is 0 Å². The van der Waals surface area contributed by atoms with E-state index < -0.39 is 23.4 Å². The summed E-state index contributed by atoms with van der Waals surface area (Å²) in [5.41, 5.74) is 4.44. The third-order valence-electron chi connectivity index (χ3n) is 2.60. The van der Waals surface area contributed by atoms with Gasteiger partial charge in [0, 0.05) is 38.7 Å². The highest BCUT2D eigenvalue weighted by atomic mass is 16.6. The minimum absolute atomic E-state index is 0.136. The SMILES string of the molecule is CCCC(OC(C)=O)n1ccc(=O)n(CCN)c1=O. The number of hydrogen-bond donors (Lipinski definition) is 1. The Bertz CT molecular complexity index is 547. The van der Waals surface area contributed by atoms with Gasteiger partial charge in [0.05, 0.1) is 0 Å². The zero-order valence-electron chi connectivity index (χ0n) is 11.2. The van der Waals surface area contributed by atoms with Gasteiger partial charge < -0.3 is 10.5 Å². The van der Waals surface area contributed by atoms with Crippen molar-refractivity contribution in [3.63, 3.8) is 0 Å². The topological polar surface area (TPSA) is 96.3 Å². The first-order chi connectivity index (χ1) is 9.01. The molecule has 0 aromatic carbocycles. The summed E-state index contributed by atoms with van der Waals surface area (Å²) in [6.45, 7) is 3.52. The van der Waals surface area contributed by atoms with Gasteiger partial charge in [0.15, 0.2) is 6.23 Å². The molecule has 0 saturated heterocycles. The van der Waals surface area contributed by atoms with E-state index >= 15 is 0 Å². The fourth-order valence-electron chi connectivity index (χ4n) is 1.78. The van der Waals surface area contributed by atoms with E-state index in [4.69, 9.17) is 10.5 Å². The van der Waals surface area contributed by atoms with Gasteiger partial charge >= 0.3 is 11.7 Å². The van der Waals surface area contributed by atoms with Crippen LogP contribution in [0.4, 0.5) is 0 Å². The Hall–Kier alpha value is -1.89. The predicted molar refractivity (Wildman–Crippen MR) is 69.7 cm³/mol. The summed E-state index contributed by atoms with van der Waals surface area (Å²) >= 11 is 0. The van der Waals surface area contributed by atoms with Crippen molar-refractivity contribution in [3.05, 3.63) is 33.1 Å². The summed E-state index contributed by atoms with van der Waals surface area (Å²) in [4.78, 5) is 34.8. The molecule has 19 heavy (non-hydrogen) atoms. The molecule has 1 atom stereocenters. The molecule has 0 aliphatic rings. The lowest BCUT2D eigenvalue weighted by Crippen LogP contribution is -2.42. The quantitative estimate of drug-likeness (QED) is 0.723. The van der Waals surface area contributed by atoms with E-state index in [2.05, 4.69) is 0 Å². The van der Waals surface area contributed by atoms with Crippen LogP contribution in [0.5, 0.6) is 0 Å². The maximum Gasteiger partial charge on any atom is 0.333 e. The van der Waals surface area contributed by atoms with Crippen molar-refractivity contribution >= 4 is 5.97 Å². The van der Waals surface area contributed by atoms with Gasteiger partial charge in [-0.1, -0.05) is 13.3 Å². The van der Waals surface area contributed by atoms with Crippen LogP contribution < -0.4 is 17.0 Å². The first-order valence-electron chi connectivity index (χ1n) is 6.20. The second-order valence-corrected chi connectivity index (χ2v) is 4.14. The Labute approximate surface area is 110 Å². The van der Waals surface area contributed by atoms with Gasteiger partial charge in [-0.15, -0.1) is 0 Å². The average molecular weight is 269 g/mol. The molecule has 7 nitrogen and oxygen atoms in total. The monoisotopic (exact) mass is 269 g/mol. The number of nitrogens with zero attached hydrogens (tertiary/aromatic N) is 2. The molecule has 0 fully saturated rings. The van der Waals surface area contributed by atoms with E-state index in [1.54, 1.807) is 0 Å². The molecule has 106 valence electrons. The zero-order chi connectivity index (χ0) is 14.4. The number of nitrogens with two attached hydrogens (primary N) is 1. The van der Waals surface area contributed by atoms with E-state index in [9.17, 15) is 14.4 Å². The van der Waals surface area contributed by atoms with E-state index in [1.807, 2.05) is 6.92 Å². The molecular weight excluding hydrogens is 250 g/mol. The number of hydrogen-bond acceptors (Lipinski definition) is 5. The Kier molecular flexibility index (Phi) is 5.50. The second kappa shape index (κ2) is 6.89. The van der Waals surface area contributed by atoms with Crippen LogP contribution in [-0.4, -0.2) is 21.6 Å². The van der Waals surface area contributed by atoms with Crippen LogP contribution in [-0.2, 0) is 16.1 Å². The lowest BCUT2D eigenvalue weighted by atomic mass is 10.3. The summed E-state index contributed by atoms with van der Waals surface area (Å²) in [6.07, 6.45) is 1.89. The molecule has 1 rings (SSSR count). The van der Waals surface area contributed by atoms with Gasteiger partial charge in [0.25, 0.3) is 5.56 Å². The fraction of sp³-hybridized carbons (Fsp3) is 0.583. The highest BCUT2D eigenvalue weighted by Gasteiger charge is 2.16. The largest absolute Gasteiger partial charge is 0.441 e. The smallest absolute Gasteiger partial charge is 0.333 e. The summed E-state index contributed by atoms with van der Waals surface area (Å²) < 4.78 is 7.39. The number of esters is 1. The molecule has 0 saturated carbocycles. The number of aromatic nitrogens is 2. The van der Waals surface area contributed by atoms with Crippen molar-refractivity contribution in [2.75, 3.05) is 6.54 Å². The predicted octanol–water partition coefficient (Wildman–Crippen LogP) is -0.169. The summed E-state index contributed by atoms with van der Waals surface area (Å²) in [6, 6.07) is 1.27. The molecule has 0 bridgehead atoms. The average Bonchev–Trinajstić information content (AvgIpc) is 2.33. The van der Waals surface area contributed by atoms with Crippen LogP contribution in [0.1, 0.15) is 32.9 Å². The first kappa shape index (κ1) is 15.2. The van der Waals surface area contributed by atoms with Crippen molar-refractivity contribution < 1.29 is 9.53 Å². The summed E-state index contributed by atoms with van der Waals surface area (Å²) in [5.74, 6) is -0.470. The van der Waals surface area contributed by atoms with Crippen LogP contribution in [0.25, 0.3) is 0 Å². The molecule has 0 radical (unpaired) electrons. The van der Waals surface area contributed by atoms with Gasteiger partial charge in [-0.25, -0.2) is 4.79 Å². The molecule has 1 aromatic rings. The summed E-state index contributed by atoms with van der Waals surface area (Å²) in [5, 5.41) is 0. The van der Waals surface area contributed by atoms with E-state index in [0.29, 0.717) is 6.42 Å². The van der Waals surface area contributed by atoms with Crippen LogP contribution in [0.3, 0.4) is 0 Å². The van der Waals surface area contributed by atoms with Crippen molar-refractivity contribution in [2.45, 2.75) is 39.5 Å². The molecule has 1 heterocycles. The Morgan fingerprint density at radius 2 is 2.16 bits per heavy atom. The van der Waals surface area contributed by atoms with Crippen molar-refractivity contribution in [2.24, 2.45) is 5.73 Å². The third kappa shape index (κ3) is 3.78. The van der Waals surface area contributed by atoms with Crippen LogP contribution >= 0.6 is 0 Å². The minimum Gasteiger partial charge on any atom is -0.441 e. The molecule has 1 unspecified atom stereocenters. The molecule has 2 N–H and O–H groups in total. The molecule has 0 aliphatic heterocycles. The Morgan fingerprint density at radius 1 is 1.47 bits per heavy atom. The van der Waals surface area contributed by atoms with Gasteiger partial charge in [0.2, 0.25) is 0 Å². The normalized spacial score (nSPS) is 12.2. The number of carbonyl (C=O) groups excluding carboxylic acids is 1. The van der Waals surface area contributed by atoms with E-state index in [0.717, 1.165) is 11.0 Å². The van der Waals surface area contributed by atoms with Gasteiger partial charge in [-0.05, 0) is 0 Å². The van der Waals surface area contributed by atoms with Gasteiger partial charge in [-0.2, -0.15) is 0 Å². The standard InChI is InChI=1S/C12H19N3O4/c1-3-4-11(19-9(2)16)15-7-5-10(17)14(8-6-13)12(15)18/h5,7,11H,3-4,6,8,13H2,1-2H3. The van der Waals surface area contributed by atoms with E-state index in [1.165, 1.54) is 23.8 Å². The van der Waals surface area contributed by atoms with Crippen molar-refractivity contribution in [1.29, 1.82) is 0 Å². The minimum atomic E-state index is -0.695. The van der Waals surface area contributed by atoms with E-state index in [-0.39, 0.29) is 13.1 Å². The third-order valence-corrected chi connectivity index (χ3v) is 2.60. The molecule has 0 spiro atoms. The van der Waals surface area contributed by atoms with Crippen molar-refractivity contribution in [3.8, 4) is 0 Å².